The van der Waals surface area contributed by atoms with E-state index in [0.29, 0.717) is 24.3 Å². The van der Waals surface area contributed by atoms with Crippen molar-refractivity contribution in [3.63, 3.8) is 0 Å². The van der Waals surface area contributed by atoms with Crippen molar-refractivity contribution < 1.29 is 4.39 Å². The molecule has 0 atom stereocenters. The molecule has 0 bridgehead atoms. The second kappa shape index (κ2) is 5.88. The first-order valence-corrected chi connectivity index (χ1v) is 7.80. The zero-order valence-electron chi connectivity index (χ0n) is 13.1. The Labute approximate surface area is 137 Å². The molecule has 0 aliphatic heterocycles. The van der Waals surface area contributed by atoms with Crippen molar-refractivity contribution in [3.05, 3.63) is 47.9 Å². The molecule has 8 heteroatoms. The fourth-order valence-corrected chi connectivity index (χ4v) is 2.63. The minimum Gasteiger partial charge on any atom is -0.369 e. The molecule has 7 nitrogen and oxygen atoms in total. The number of nitrogens with zero attached hydrogens (tertiary/aromatic N) is 5. The third-order valence-corrected chi connectivity index (χ3v) is 3.83. The van der Waals surface area contributed by atoms with Crippen LogP contribution in [0.4, 0.5) is 10.2 Å². The van der Waals surface area contributed by atoms with Crippen molar-refractivity contribution >= 4 is 22.6 Å². The first-order valence-electron chi connectivity index (χ1n) is 7.80. The van der Waals surface area contributed by atoms with Gasteiger partial charge >= 0.3 is 0 Å². The molecule has 0 aliphatic rings. The number of H-pyrrole nitrogens is 1. The van der Waals surface area contributed by atoms with E-state index in [1.165, 1.54) is 18.5 Å². The van der Waals surface area contributed by atoms with Crippen molar-refractivity contribution in [2.75, 3.05) is 11.9 Å². The maximum atomic E-state index is 13.2. The number of hydrogen-bond donors (Lipinski definition) is 2. The summed E-state index contributed by atoms with van der Waals surface area (Å²) in [6.45, 7) is 2.71. The summed E-state index contributed by atoms with van der Waals surface area (Å²) in [5, 5.41) is 7.52. The summed E-state index contributed by atoms with van der Waals surface area (Å²) in [4.78, 5) is 16.2. The largest absolute Gasteiger partial charge is 0.369 e. The maximum absolute atomic E-state index is 13.2. The van der Waals surface area contributed by atoms with Gasteiger partial charge in [0.1, 0.15) is 23.8 Å². The van der Waals surface area contributed by atoms with E-state index in [4.69, 9.17) is 0 Å². The van der Waals surface area contributed by atoms with Crippen LogP contribution in [0.2, 0.25) is 0 Å². The number of aryl methyl sites for hydroxylation is 1. The molecule has 122 valence electrons. The molecule has 4 rings (SSSR count). The topological polar surface area (TPSA) is 83.8 Å². The molecular weight excluding hydrogens is 309 g/mol. The van der Waals surface area contributed by atoms with Gasteiger partial charge in [-0.15, -0.1) is 0 Å². The van der Waals surface area contributed by atoms with Crippen molar-refractivity contribution in [2.24, 2.45) is 0 Å². The lowest BCUT2D eigenvalue weighted by atomic mass is 10.3. The number of benzene rings is 1. The standard InChI is InChI=1S/C16H16FN7/c1-2-11-8-15(24-16(21-11)19-9-20-24)18-6-5-14-22-12-4-3-10(17)7-13(12)23-14/h3-4,7-9,18H,2,5-6H2,1H3,(H,22,23). The first kappa shape index (κ1) is 14.6. The summed E-state index contributed by atoms with van der Waals surface area (Å²) >= 11 is 0. The van der Waals surface area contributed by atoms with E-state index >= 15 is 0 Å². The van der Waals surface area contributed by atoms with Crippen LogP contribution in [0.15, 0.2) is 30.6 Å². The fourth-order valence-electron chi connectivity index (χ4n) is 2.63. The molecule has 1 aromatic carbocycles. The summed E-state index contributed by atoms with van der Waals surface area (Å²) in [6, 6.07) is 6.51. The number of hydrogen-bond acceptors (Lipinski definition) is 5. The lowest BCUT2D eigenvalue weighted by Crippen LogP contribution is -2.11. The van der Waals surface area contributed by atoms with Crippen molar-refractivity contribution in [1.82, 2.24) is 29.5 Å². The average molecular weight is 325 g/mol. The van der Waals surface area contributed by atoms with Gasteiger partial charge in [0, 0.05) is 24.7 Å². The molecule has 3 heterocycles. The predicted octanol–water partition coefficient (Wildman–Crippen LogP) is 2.36. The Morgan fingerprint density at radius 3 is 3.04 bits per heavy atom. The van der Waals surface area contributed by atoms with Gasteiger partial charge in [-0.25, -0.2) is 14.4 Å². The summed E-state index contributed by atoms with van der Waals surface area (Å²) < 4.78 is 14.9. The van der Waals surface area contributed by atoms with E-state index < -0.39 is 0 Å². The fraction of sp³-hybridized carbons (Fsp3) is 0.250. The molecule has 4 aromatic rings. The molecule has 2 N–H and O–H groups in total. The summed E-state index contributed by atoms with van der Waals surface area (Å²) in [5.41, 5.74) is 2.43. The Morgan fingerprint density at radius 1 is 1.25 bits per heavy atom. The van der Waals surface area contributed by atoms with Gasteiger partial charge in [-0.3, -0.25) is 0 Å². The van der Waals surface area contributed by atoms with Gasteiger partial charge in [0.05, 0.1) is 11.0 Å². The molecule has 0 saturated heterocycles. The van der Waals surface area contributed by atoms with Crippen LogP contribution in [0.5, 0.6) is 0 Å². The van der Waals surface area contributed by atoms with Crippen LogP contribution in [0, 0.1) is 5.82 Å². The van der Waals surface area contributed by atoms with Crippen LogP contribution in [0.3, 0.4) is 0 Å². The van der Waals surface area contributed by atoms with Crippen LogP contribution >= 0.6 is 0 Å². The monoisotopic (exact) mass is 325 g/mol. The van der Waals surface area contributed by atoms with Gasteiger partial charge in [-0.05, 0) is 24.6 Å². The Hall–Kier alpha value is -3.03. The van der Waals surface area contributed by atoms with Crippen LogP contribution in [0.25, 0.3) is 16.8 Å². The first-order chi connectivity index (χ1) is 11.7. The molecule has 3 aromatic heterocycles. The predicted molar refractivity (Wildman–Crippen MR) is 88.4 cm³/mol. The number of halogens is 1. The highest BCUT2D eigenvalue weighted by molar-refractivity contribution is 5.74. The van der Waals surface area contributed by atoms with Crippen molar-refractivity contribution in [2.45, 2.75) is 19.8 Å². The Kier molecular flexibility index (Phi) is 3.56. The Balaban J connectivity index is 1.51. The smallest absolute Gasteiger partial charge is 0.254 e. The summed E-state index contributed by atoms with van der Waals surface area (Å²) in [6.07, 6.45) is 2.99. The van der Waals surface area contributed by atoms with Gasteiger partial charge in [-0.1, -0.05) is 6.92 Å². The van der Waals surface area contributed by atoms with Gasteiger partial charge in [0.2, 0.25) is 0 Å². The van der Waals surface area contributed by atoms with Crippen LogP contribution < -0.4 is 5.32 Å². The van der Waals surface area contributed by atoms with Crippen molar-refractivity contribution in [1.29, 1.82) is 0 Å². The molecular formula is C16H16FN7. The molecule has 0 fully saturated rings. The van der Waals surface area contributed by atoms with Crippen LogP contribution in [0.1, 0.15) is 18.4 Å². The zero-order valence-corrected chi connectivity index (χ0v) is 13.1. The zero-order chi connectivity index (χ0) is 16.5. The van der Waals surface area contributed by atoms with Crippen LogP contribution in [-0.2, 0) is 12.8 Å². The molecule has 24 heavy (non-hydrogen) atoms. The van der Waals surface area contributed by atoms with Gasteiger partial charge < -0.3 is 10.3 Å². The molecule has 0 radical (unpaired) electrons. The van der Waals surface area contributed by atoms with E-state index in [2.05, 4.69) is 30.4 Å². The second-order valence-corrected chi connectivity index (χ2v) is 5.48. The van der Waals surface area contributed by atoms with Gasteiger partial charge in [-0.2, -0.15) is 14.6 Å². The minimum absolute atomic E-state index is 0.270. The second-order valence-electron chi connectivity index (χ2n) is 5.48. The number of fused-ring (bicyclic) bond motifs is 2. The minimum atomic E-state index is -0.270. The molecule has 0 aliphatic carbocycles. The highest BCUT2D eigenvalue weighted by Gasteiger charge is 2.08. The number of anilines is 1. The van der Waals surface area contributed by atoms with Gasteiger partial charge in [0.15, 0.2) is 0 Å². The van der Waals surface area contributed by atoms with Crippen molar-refractivity contribution in [3.8, 4) is 0 Å². The normalized spacial score (nSPS) is 11.4. The third kappa shape index (κ3) is 2.66. The maximum Gasteiger partial charge on any atom is 0.254 e. The van der Waals surface area contributed by atoms with Crippen LogP contribution in [-0.4, -0.2) is 36.1 Å². The average Bonchev–Trinajstić information content (AvgIpc) is 3.20. The highest BCUT2D eigenvalue weighted by atomic mass is 19.1. The lowest BCUT2D eigenvalue weighted by Gasteiger charge is -2.08. The van der Waals surface area contributed by atoms with E-state index in [0.717, 1.165) is 29.3 Å². The number of nitrogens with one attached hydrogen (secondary N) is 2. The van der Waals surface area contributed by atoms with E-state index in [1.54, 1.807) is 10.6 Å². The lowest BCUT2D eigenvalue weighted by molar-refractivity contribution is 0.629. The Bertz CT molecular complexity index is 1000. The summed E-state index contributed by atoms with van der Waals surface area (Å²) in [7, 11) is 0. The number of aromatic amines is 1. The summed E-state index contributed by atoms with van der Waals surface area (Å²) in [5.74, 6) is 1.96. The molecule has 0 spiro atoms. The number of rotatable bonds is 5. The quantitative estimate of drug-likeness (QED) is 0.588. The molecule has 0 saturated carbocycles. The molecule has 0 amide bonds. The highest BCUT2D eigenvalue weighted by Crippen LogP contribution is 2.14. The molecule has 0 unspecified atom stereocenters. The Morgan fingerprint density at radius 2 is 2.17 bits per heavy atom. The van der Waals surface area contributed by atoms with E-state index in [-0.39, 0.29) is 5.82 Å². The van der Waals surface area contributed by atoms with E-state index in [1.807, 2.05) is 13.0 Å². The van der Waals surface area contributed by atoms with E-state index in [9.17, 15) is 4.39 Å². The SMILES string of the molecule is CCc1cc(NCCc2nc3ccc(F)cc3[nH]2)n2ncnc2n1. The van der Waals surface area contributed by atoms with Gasteiger partial charge in [0.25, 0.3) is 5.78 Å². The number of aromatic nitrogens is 6. The number of imidazole rings is 1. The third-order valence-electron chi connectivity index (χ3n) is 3.83.